The summed E-state index contributed by atoms with van der Waals surface area (Å²) in [5.74, 6) is -0.342. The Bertz CT molecular complexity index is 1010. The molecular weight excluding hydrogens is 464 g/mol. The number of carboxylic acid groups (broad SMARTS) is 1. The standard InChI is InChI=1S/C27H32N2O5S/c30-25(31)17-35-14-13-28-26(32)19-8-2-1-7-18(19)15-29-27(33)34-16-24-22-11-5-3-9-20(22)21-10-4-6-12-23(21)24/h3-6,9-12,18-19,24H,1-2,7-8,13-17H2,(H,28,32)(H,29,33)(H,30,31)/t18-,19-/m0/s1. The van der Waals surface area contributed by atoms with Crippen molar-refractivity contribution in [2.45, 2.75) is 31.6 Å². The van der Waals surface area contributed by atoms with E-state index in [2.05, 4.69) is 34.9 Å². The monoisotopic (exact) mass is 496 g/mol. The second-order valence-electron chi connectivity index (χ2n) is 9.09. The summed E-state index contributed by atoms with van der Waals surface area (Å²) in [4.78, 5) is 35.9. The molecule has 0 unspecified atom stereocenters. The third-order valence-electron chi connectivity index (χ3n) is 6.87. The molecule has 2 amide bonds. The summed E-state index contributed by atoms with van der Waals surface area (Å²) in [5.41, 5.74) is 4.73. The molecule has 2 aliphatic rings. The molecule has 0 heterocycles. The van der Waals surface area contributed by atoms with Gasteiger partial charge in [0.25, 0.3) is 0 Å². The second kappa shape index (κ2) is 12.1. The van der Waals surface area contributed by atoms with Gasteiger partial charge in [0, 0.05) is 30.7 Å². The first kappa shape index (κ1) is 25.1. The van der Waals surface area contributed by atoms with Gasteiger partial charge < -0.3 is 20.5 Å². The molecule has 3 N–H and O–H groups in total. The number of thioether (sulfide) groups is 1. The van der Waals surface area contributed by atoms with E-state index in [4.69, 9.17) is 9.84 Å². The van der Waals surface area contributed by atoms with Gasteiger partial charge in [-0.3, -0.25) is 9.59 Å². The molecule has 0 radical (unpaired) electrons. The number of hydrogen-bond acceptors (Lipinski definition) is 5. The van der Waals surface area contributed by atoms with Crippen molar-refractivity contribution in [3.05, 3.63) is 59.7 Å². The van der Waals surface area contributed by atoms with Gasteiger partial charge in [0.2, 0.25) is 5.91 Å². The van der Waals surface area contributed by atoms with Gasteiger partial charge in [-0.15, -0.1) is 11.8 Å². The second-order valence-corrected chi connectivity index (χ2v) is 10.2. The highest BCUT2D eigenvalue weighted by molar-refractivity contribution is 7.99. The molecule has 0 spiro atoms. The number of alkyl carbamates (subject to hydrolysis) is 1. The molecule has 0 aliphatic heterocycles. The first-order chi connectivity index (χ1) is 17.0. The predicted molar refractivity (Wildman–Crippen MR) is 136 cm³/mol. The van der Waals surface area contributed by atoms with Crippen molar-refractivity contribution in [3.8, 4) is 11.1 Å². The van der Waals surface area contributed by atoms with Gasteiger partial charge in [-0.1, -0.05) is 61.4 Å². The zero-order chi connectivity index (χ0) is 24.6. The fourth-order valence-corrected chi connectivity index (χ4v) is 5.76. The van der Waals surface area contributed by atoms with Crippen molar-refractivity contribution < 1.29 is 24.2 Å². The summed E-state index contributed by atoms with van der Waals surface area (Å²) >= 11 is 1.28. The Kier molecular flexibility index (Phi) is 8.69. The largest absolute Gasteiger partial charge is 0.481 e. The Morgan fingerprint density at radius 3 is 2.29 bits per heavy atom. The van der Waals surface area contributed by atoms with Crippen LogP contribution in [0.1, 0.15) is 42.7 Å². The molecule has 4 rings (SSSR count). The summed E-state index contributed by atoms with van der Waals surface area (Å²) in [6.45, 7) is 1.12. The normalized spacial score (nSPS) is 18.9. The van der Waals surface area contributed by atoms with Gasteiger partial charge in [0.05, 0.1) is 5.75 Å². The minimum absolute atomic E-state index is 0.0139. The molecule has 7 nitrogen and oxygen atoms in total. The van der Waals surface area contributed by atoms with Crippen molar-refractivity contribution in [2.24, 2.45) is 11.8 Å². The molecule has 2 aliphatic carbocycles. The third kappa shape index (κ3) is 6.36. The lowest BCUT2D eigenvalue weighted by Gasteiger charge is -2.30. The van der Waals surface area contributed by atoms with Crippen LogP contribution >= 0.6 is 11.8 Å². The Morgan fingerprint density at radius 2 is 1.60 bits per heavy atom. The molecule has 0 saturated heterocycles. The van der Waals surface area contributed by atoms with E-state index in [1.165, 1.54) is 34.0 Å². The maximum absolute atomic E-state index is 12.7. The SMILES string of the molecule is O=C(O)CSCCNC(=O)[C@H]1CCCC[C@H]1CNC(=O)OCC1c2ccccc2-c2ccccc21. The molecule has 35 heavy (non-hydrogen) atoms. The van der Waals surface area contributed by atoms with E-state index in [0.29, 0.717) is 18.8 Å². The molecule has 1 fully saturated rings. The quantitative estimate of drug-likeness (QED) is 0.425. The van der Waals surface area contributed by atoms with Crippen LogP contribution < -0.4 is 10.6 Å². The van der Waals surface area contributed by atoms with E-state index in [9.17, 15) is 14.4 Å². The number of aliphatic carboxylic acids is 1. The van der Waals surface area contributed by atoms with E-state index in [1.54, 1.807) is 0 Å². The van der Waals surface area contributed by atoms with Crippen molar-refractivity contribution in [3.63, 3.8) is 0 Å². The third-order valence-corrected chi connectivity index (χ3v) is 7.81. The van der Waals surface area contributed by atoms with Crippen LogP contribution in [0.2, 0.25) is 0 Å². The van der Waals surface area contributed by atoms with Crippen molar-refractivity contribution in [2.75, 3.05) is 31.2 Å². The van der Waals surface area contributed by atoms with Gasteiger partial charge in [0.1, 0.15) is 6.61 Å². The number of nitrogens with one attached hydrogen (secondary N) is 2. The molecule has 0 bridgehead atoms. The zero-order valence-electron chi connectivity index (χ0n) is 19.7. The maximum atomic E-state index is 12.7. The average Bonchev–Trinajstić information content (AvgIpc) is 3.19. The number of hydrogen-bond donors (Lipinski definition) is 3. The fraction of sp³-hybridized carbons (Fsp3) is 0.444. The maximum Gasteiger partial charge on any atom is 0.407 e. The van der Waals surface area contributed by atoms with Crippen LogP contribution in [0.5, 0.6) is 0 Å². The van der Waals surface area contributed by atoms with Crippen molar-refractivity contribution in [1.82, 2.24) is 10.6 Å². The number of carboxylic acids is 1. The lowest BCUT2D eigenvalue weighted by Crippen LogP contribution is -2.42. The van der Waals surface area contributed by atoms with E-state index >= 15 is 0 Å². The number of carbonyl (C=O) groups is 3. The highest BCUT2D eigenvalue weighted by Gasteiger charge is 2.32. The zero-order valence-corrected chi connectivity index (χ0v) is 20.5. The van der Waals surface area contributed by atoms with Crippen molar-refractivity contribution >= 4 is 29.7 Å². The first-order valence-corrected chi connectivity index (χ1v) is 13.4. The number of ether oxygens (including phenoxy) is 1. The summed E-state index contributed by atoms with van der Waals surface area (Å²) in [7, 11) is 0. The van der Waals surface area contributed by atoms with Gasteiger partial charge in [0.15, 0.2) is 0 Å². The number of amides is 2. The number of benzene rings is 2. The predicted octanol–water partition coefficient (Wildman–Crippen LogP) is 4.27. The number of carbonyl (C=O) groups excluding carboxylic acids is 2. The average molecular weight is 497 g/mol. The van der Waals surface area contributed by atoms with Gasteiger partial charge >= 0.3 is 12.1 Å². The summed E-state index contributed by atoms with van der Waals surface area (Å²) in [5, 5.41) is 14.5. The van der Waals surface area contributed by atoms with Gasteiger partial charge in [-0.2, -0.15) is 0 Å². The highest BCUT2D eigenvalue weighted by atomic mass is 32.2. The number of rotatable bonds is 10. The Morgan fingerprint density at radius 1 is 0.943 bits per heavy atom. The molecule has 186 valence electrons. The van der Waals surface area contributed by atoms with Crippen LogP contribution in [0.15, 0.2) is 48.5 Å². The van der Waals surface area contributed by atoms with E-state index in [1.807, 2.05) is 24.3 Å². The van der Waals surface area contributed by atoms with Crippen molar-refractivity contribution in [1.29, 1.82) is 0 Å². The first-order valence-electron chi connectivity index (χ1n) is 12.2. The number of fused-ring (bicyclic) bond motifs is 3. The lowest BCUT2D eigenvalue weighted by molar-refractivity contribution is -0.134. The van der Waals surface area contributed by atoms with Crippen LogP contribution in [0, 0.1) is 11.8 Å². The van der Waals surface area contributed by atoms with Crippen LogP contribution in [-0.2, 0) is 14.3 Å². The molecule has 2 aromatic rings. The van der Waals surface area contributed by atoms with Crippen LogP contribution in [-0.4, -0.2) is 54.3 Å². The summed E-state index contributed by atoms with van der Waals surface area (Å²) in [6, 6.07) is 16.5. The minimum atomic E-state index is -0.854. The van der Waals surface area contributed by atoms with Gasteiger partial charge in [-0.25, -0.2) is 4.79 Å². The van der Waals surface area contributed by atoms with Gasteiger partial charge in [-0.05, 0) is 41.0 Å². The van der Waals surface area contributed by atoms with E-state index in [0.717, 1.165) is 25.7 Å². The Labute approximate surface area is 210 Å². The molecular formula is C27H32N2O5S. The summed E-state index contributed by atoms with van der Waals surface area (Å²) < 4.78 is 5.64. The fourth-order valence-electron chi connectivity index (χ4n) is 5.20. The Balaban J connectivity index is 1.25. The molecule has 2 aromatic carbocycles. The lowest BCUT2D eigenvalue weighted by atomic mass is 9.78. The van der Waals surface area contributed by atoms with Crippen LogP contribution in [0.4, 0.5) is 4.79 Å². The molecule has 8 heteroatoms. The topological polar surface area (TPSA) is 105 Å². The smallest absolute Gasteiger partial charge is 0.407 e. The van der Waals surface area contributed by atoms with E-state index in [-0.39, 0.29) is 36.0 Å². The van der Waals surface area contributed by atoms with Crippen LogP contribution in [0.25, 0.3) is 11.1 Å². The van der Waals surface area contributed by atoms with Crippen LogP contribution in [0.3, 0.4) is 0 Å². The highest BCUT2D eigenvalue weighted by Crippen LogP contribution is 2.44. The molecule has 0 aromatic heterocycles. The van der Waals surface area contributed by atoms with E-state index < -0.39 is 12.1 Å². The molecule has 2 atom stereocenters. The Hall–Kier alpha value is -3.00. The minimum Gasteiger partial charge on any atom is -0.481 e. The molecule has 1 saturated carbocycles. The summed E-state index contributed by atoms with van der Waals surface area (Å²) in [6.07, 6.45) is 3.25.